The third kappa shape index (κ3) is 27.5. The van der Waals surface area contributed by atoms with Crippen LogP contribution in [0.15, 0.2) is 12.2 Å². The van der Waals surface area contributed by atoms with Crippen molar-refractivity contribution >= 4 is 19.8 Å². The van der Waals surface area contributed by atoms with Gasteiger partial charge in [0, 0.05) is 6.42 Å². The highest BCUT2D eigenvalue weighted by atomic mass is 31.2. The molecule has 42 heavy (non-hydrogen) atoms. The first-order valence-electron chi connectivity index (χ1n) is 16.1. The quantitative estimate of drug-likeness (QED) is 0.0333. The van der Waals surface area contributed by atoms with Crippen molar-refractivity contribution in [3.8, 4) is 0 Å². The highest BCUT2D eigenvalue weighted by molar-refractivity contribution is 7.47. The first-order valence-corrected chi connectivity index (χ1v) is 17.6. The van der Waals surface area contributed by atoms with Gasteiger partial charge in [-0.05, 0) is 19.3 Å². The van der Waals surface area contributed by atoms with Crippen molar-refractivity contribution in [2.45, 2.75) is 148 Å². The fraction of sp³-hybridized carbons (Fsp3) is 0.871. The molecule has 11 heteroatoms. The molecule has 0 radical (unpaired) electrons. The molecule has 0 aliphatic rings. The van der Waals surface area contributed by atoms with E-state index >= 15 is 0 Å². The monoisotopic (exact) mass is 622 g/mol. The van der Waals surface area contributed by atoms with E-state index in [0.717, 1.165) is 44.9 Å². The fourth-order valence-corrected chi connectivity index (χ4v) is 4.94. The lowest BCUT2D eigenvalue weighted by Gasteiger charge is -2.20. The van der Waals surface area contributed by atoms with Crippen LogP contribution in [0.1, 0.15) is 136 Å². The standard InChI is InChI=1S/C31H59O10P/c1-3-5-7-9-11-12-13-14-15-16-17-19-20-22-30(34)38-26-29(27-40-42(36,37)39-25-28(33)24-32)41-31(35)23-21-18-10-8-6-4-2/h19-20,28-29,32-33H,3-18,21-27H2,1-2H3,(H,36,37)/b20-19+/t28-,29+/m0/s1. The summed E-state index contributed by atoms with van der Waals surface area (Å²) in [6, 6.07) is 0. The second-order valence-electron chi connectivity index (χ2n) is 10.9. The summed E-state index contributed by atoms with van der Waals surface area (Å²) < 4.78 is 32.2. The topological polar surface area (TPSA) is 149 Å². The number of esters is 2. The Hall–Kier alpha value is -1.29. The molecule has 0 saturated heterocycles. The van der Waals surface area contributed by atoms with Gasteiger partial charge in [0.2, 0.25) is 0 Å². The van der Waals surface area contributed by atoms with Gasteiger partial charge in [0.15, 0.2) is 6.10 Å². The normalized spacial score (nSPS) is 14.5. The third-order valence-electron chi connectivity index (χ3n) is 6.70. The number of ether oxygens (including phenoxy) is 2. The summed E-state index contributed by atoms with van der Waals surface area (Å²) in [6.45, 7) is 2.21. The molecule has 0 aliphatic carbocycles. The zero-order chi connectivity index (χ0) is 31.3. The third-order valence-corrected chi connectivity index (χ3v) is 7.65. The maximum absolute atomic E-state index is 12.3. The van der Waals surface area contributed by atoms with Crippen LogP contribution in [0.25, 0.3) is 0 Å². The molecule has 0 saturated carbocycles. The second kappa shape index (κ2) is 28.5. The molecular weight excluding hydrogens is 563 g/mol. The second-order valence-corrected chi connectivity index (χ2v) is 12.3. The van der Waals surface area contributed by atoms with E-state index in [9.17, 15) is 24.2 Å². The largest absolute Gasteiger partial charge is 0.472 e. The summed E-state index contributed by atoms with van der Waals surface area (Å²) in [5, 5.41) is 18.1. The van der Waals surface area contributed by atoms with Crippen molar-refractivity contribution in [1.82, 2.24) is 0 Å². The summed E-state index contributed by atoms with van der Waals surface area (Å²) in [4.78, 5) is 34.3. The summed E-state index contributed by atoms with van der Waals surface area (Å²) >= 11 is 0. The molecule has 10 nitrogen and oxygen atoms in total. The van der Waals surface area contributed by atoms with E-state index in [0.29, 0.717) is 6.42 Å². The Morgan fingerprint density at radius 3 is 1.81 bits per heavy atom. The molecule has 0 heterocycles. The Morgan fingerprint density at radius 1 is 0.714 bits per heavy atom. The van der Waals surface area contributed by atoms with Gasteiger partial charge in [-0.15, -0.1) is 0 Å². The number of unbranched alkanes of at least 4 members (excludes halogenated alkanes) is 15. The van der Waals surface area contributed by atoms with Crippen LogP contribution >= 0.6 is 7.82 Å². The lowest BCUT2D eigenvalue weighted by Crippen LogP contribution is -2.29. The van der Waals surface area contributed by atoms with Gasteiger partial charge in [0.1, 0.15) is 12.7 Å². The number of hydrogen-bond donors (Lipinski definition) is 3. The van der Waals surface area contributed by atoms with Crippen molar-refractivity contribution in [3.63, 3.8) is 0 Å². The molecule has 1 unspecified atom stereocenters. The molecule has 0 fully saturated rings. The predicted molar refractivity (Wildman–Crippen MR) is 164 cm³/mol. The van der Waals surface area contributed by atoms with E-state index in [1.165, 1.54) is 57.8 Å². The van der Waals surface area contributed by atoms with Crippen LogP contribution in [-0.2, 0) is 32.7 Å². The van der Waals surface area contributed by atoms with Crippen LogP contribution in [0.2, 0.25) is 0 Å². The summed E-state index contributed by atoms with van der Waals surface area (Å²) in [6.07, 6.45) is 21.1. The Balaban J connectivity index is 4.42. The molecule has 0 amide bonds. The minimum absolute atomic E-state index is 0.0672. The number of aliphatic hydroxyl groups is 2. The van der Waals surface area contributed by atoms with Gasteiger partial charge in [-0.2, -0.15) is 0 Å². The zero-order valence-electron chi connectivity index (χ0n) is 26.2. The van der Waals surface area contributed by atoms with Crippen molar-refractivity contribution in [1.29, 1.82) is 0 Å². The van der Waals surface area contributed by atoms with Gasteiger partial charge in [0.05, 0.1) is 26.2 Å². The van der Waals surface area contributed by atoms with Gasteiger partial charge in [-0.1, -0.05) is 116 Å². The van der Waals surface area contributed by atoms with Crippen LogP contribution in [0.3, 0.4) is 0 Å². The number of phosphoric acid groups is 1. The summed E-state index contributed by atoms with van der Waals surface area (Å²) in [7, 11) is -4.60. The first kappa shape index (κ1) is 40.7. The maximum atomic E-state index is 12.3. The van der Waals surface area contributed by atoms with Gasteiger partial charge in [-0.25, -0.2) is 4.57 Å². The van der Waals surface area contributed by atoms with E-state index < -0.39 is 51.8 Å². The van der Waals surface area contributed by atoms with Crippen LogP contribution in [0.4, 0.5) is 0 Å². The van der Waals surface area contributed by atoms with E-state index in [1.807, 2.05) is 6.08 Å². The molecular formula is C31H59O10P. The number of carbonyl (C=O) groups is 2. The molecule has 0 rings (SSSR count). The van der Waals surface area contributed by atoms with Crippen molar-refractivity contribution < 1.29 is 47.8 Å². The summed E-state index contributed by atoms with van der Waals surface area (Å²) in [5.41, 5.74) is 0. The Bertz CT molecular complexity index is 731. The minimum atomic E-state index is -4.60. The van der Waals surface area contributed by atoms with Crippen LogP contribution in [-0.4, -0.2) is 65.7 Å². The van der Waals surface area contributed by atoms with E-state index in [4.69, 9.17) is 19.1 Å². The molecule has 0 bridgehead atoms. The Morgan fingerprint density at radius 2 is 1.24 bits per heavy atom. The molecule has 3 N–H and O–H groups in total. The van der Waals surface area contributed by atoms with Crippen molar-refractivity contribution in [2.24, 2.45) is 0 Å². The molecule has 0 spiro atoms. The average molecular weight is 623 g/mol. The van der Waals surface area contributed by atoms with Crippen LogP contribution < -0.4 is 0 Å². The fourth-order valence-electron chi connectivity index (χ4n) is 4.15. The number of allylic oxidation sites excluding steroid dienone is 1. The number of hydrogen-bond acceptors (Lipinski definition) is 9. The molecule has 3 atom stereocenters. The smallest absolute Gasteiger partial charge is 0.461 e. The predicted octanol–water partition coefficient (Wildman–Crippen LogP) is 6.94. The molecule has 0 aromatic carbocycles. The SMILES string of the molecule is CCCCCCCCCCCC/C=C/CC(=O)OC[C@H](COP(=O)(O)OC[C@@H](O)CO)OC(=O)CCCCCCCC. The lowest BCUT2D eigenvalue weighted by atomic mass is 10.1. The van der Waals surface area contributed by atoms with Crippen molar-refractivity contribution in [2.75, 3.05) is 26.4 Å². The lowest BCUT2D eigenvalue weighted by molar-refractivity contribution is -0.160. The van der Waals surface area contributed by atoms with Gasteiger partial charge >= 0.3 is 19.8 Å². The highest BCUT2D eigenvalue weighted by Gasteiger charge is 2.27. The Labute approximate surface area is 254 Å². The van der Waals surface area contributed by atoms with E-state index in [-0.39, 0.29) is 19.4 Å². The average Bonchev–Trinajstić information content (AvgIpc) is 2.97. The molecule has 0 aliphatic heterocycles. The van der Waals surface area contributed by atoms with E-state index in [2.05, 4.69) is 18.4 Å². The first-order chi connectivity index (χ1) is 20.2. The number of phosphoric ester groups is 1. The number of carbonyl (C=O) groups excluding carboxylic acids is 2. The zero-order valence-corrected chi connectivity index (χ0v) is 27.1. The van der Waals surface area contributed by atoms with E-state index in [1.54, 1.807) is 6.08 Å². The van der Waals surface area contributed by atoms with Gasteiger partial charge < -0.3 is 24.6 Å². The Kier molecular flexibility index (Phi) is 27.6. The minimum Gasteiger partial charge on any atom is -0.461 e. The van der Waals surface area contributed by atoms with Crippen LogP contribution in [0, 0.1) is 0 Å². The number of aliphatic hydroxyl groups excluding tert-OH is 2. The molecule has 248 valence electrons. The summed E-state index contributed by atoms with van der Waals surface area (Å²) in [5.74, 6) is -1.03. The van der Waals surface area contributed by atoms with Gasteiger partial charge in [-0.3, -0.25) is 18.6 Å². The van der Waals surface area contributed by atoms with Crippen LogP contribution in [0.5, 0.6) is 0 Å². The molecule has 0 aromatic heterocycles. The molecule has 0 aromatic rings. The maximum Gasteiger partial charge on any atom is 0.472 e. The van der Waals surface area contributed by atoms with Crippen molar-refractivity contribution in [3.05, 3.63) is 12.2 Å². The highest BCUT2D eigenvalue weighted by Crippen LogP contribution is 2.43. The van der Waals surface area contributed by atoms with Gasteiger partial charge in [0.25, 0.3) is 0 Å². The number of rotatable bonds is 30.